The van der Waals surface area contributed by atoms with Gasteiger partial charge in [0.2, 0.25) is 11.8 Å². The minimum absolute atomic E-state index is 0. The number of benzene rings is 4. The van der Waals surface area contributed by atoms with Gasteiger partial charge in [-0.3, -0.25) is 28.8 Å². The number of carboxylic acids is 1. The second kappa shape index (κ2) is 38.6. The first-order valence-corrected chi connectivity index (χ1v) is 31.1. The number of halogens is 4. The first-order valence-electron chi connectivity index (χ1n) is 31.1. The summed E-state index contributed by atoms with van der Waals surface area (Å²) in [5.74, 6) is -4.30. The van der Waals surface area contributed by atoms with E-state index in [-0.39, 0.29) is 108 Å². The van der Waals surface area contributed by atoms with Crippen molar-refractivity contribution in [3.05, 3.63) is 184 Å². The molecule has 2 unspecified atom stereocenters. The van der Waals surface area contributed by atoms with Crippen molar-refractivity contribution in [2.75, 3.05) is 47.9 Å². The molecule has 6 aromatic rings. The smallest absolute Gasteiger partial charge is 0.870 e. The zero-order valence-corrected chi connectivity index (χ0v) is 59.2. The van der Waals surface area contributed by atoms with E-state index in [1.165, 1.54) is 45.5 Å². The Morgan fingerprint density at radius 1 is 0.532 bits per heavy atom. The van der Waals surface area contributed by atoms with Gasteiger partial charge in [0.05, 0.1) is 31.5 Å². The number of aryl methyl sites for hydroxylation is 8. The number of rotatable bonds is 27. The summed E-state index contributed by atoms with van der Waals surface area (Å²) in [5.41, 5.74) is 9.01. The number of ether oxygens (including phenoxy) is 1. The predicted octanol–water partition coefficient (Wildman–Crippen LogP) is 9.48. The quantitative estimate of drug-likeness (QED) is 0.0250. The molecule has 4 aromatic carbocycles. The Bertz CT molecular complexity index is 3640. The van der Waals surface area contributed by atoms with Crippen LogP contribution < -0.4 is 40.6 Å². The molecule has 0 aliphatic carbocycles. The van der Waals surface area contributed by atoms with Gasteiger partial charge < -0.3 is 50.4 Å². The number of amides is 2. The van der Waals surface area contributed by atoms with Crippen LogP contribution in [-0.4, -0.2) is 107 Å². The molecule has 0 aliphatic rings. The third-order valence-electron chi connectivity index (χ3n) is 16.3. The minimum atomic E-state index is -1.22. The van der Waals surface area contributed by atoms with Crippen LogP contribution in [0.2, 0.25) is 0 Å². The van der Waals surface area contributed by atoms with Crippen molar-refractivity contribution in [2.24, 2.45) is 11.8 Å². The van der Waals surface area contributed by atoms with Crippen molar-refractivity contribution in [3.63, 3.8) is 0 Å². The van der Waals surface area contributed by atoms with Crippen molar-refractivity contribution in [1.82, 2.24) is 29.6 Å². The minimum Gasteiger partial charge on any atom is -0.870 e. The maximum Gasteiger partial charge on any atom is 1.00 e. The zero-order chi connectivity index (χ0) is 67.2. The van der Waals surface area contributed by atoms with Gasteiger partial charge in [-0.05, 0) is 267 Å². The molecule has 16 nitrogen and oxygen atoms in total. The van der Waals surface area contributed by atoms with Crippen molar-refractivity contribution >= 4 is 37.2 Å². The summed E-state index contributed by atoms with van der Waals surface area (Å²) in [6, 6.07) is 11.1. The van der Waals surface area contributed by atoms with E-state index in [0.717, 1.165) is 40.9 Å². The molecule has 4 atom stereocenters. The van der Waals surface area contributed by atoms with Gasteiger partial charge in [-0.1, -0.05) is 27.7 Å². The number of hydrogen-bond donors (Lipinski definition) is 3. The van der Waals surface area contributed by atoms with Gasteiger partial charge in [-0.25, -0.2) is 17.6 Å². The van der Waals surface area contributed by atoms with Gasteiger partial charge in [-0.2, -0.15) is 13.5 Å². The fraction of sp³-hybridized carbons (Fsp3) is 0.472. The number of carboxylic acid groups (broad SMARTS) is 1. The third kappa shape index (κ3) is 23.5. The molecular weight excluding hydrogens is 1220 g/mol. The first kappa shape index (κ1) is 85.2. The van der Waals surface area contributed by atoms with Crippen LogP contribution in [0.4, 0.5) is 17.6 Å². The van der Waals surface area contributed by atoms with Crippen molar-refractivity contribution in [3.8, 4) is 22.3 Å². The summed E-state index contributed by atoms with van der Waals surface area (Å²) in [6.45, 7) is 25.5. The van der Waals surface area contributed by atoms with Crippen LogP contribution in [0.5, 0.6) is 0 Å². The maximum absolute atomic E-state index is 16.0. The number of carbonyl (C=O) groups is 4. The summed E-state index contributed by atoms with van der Waals surface area (Å²) in [7, 11) is 7.87. The Hall–Kier alpha value is -6.83. The van der Waals surface area contributed by atoms with Gasteiger partial charge in [0.15, 0.2) is 0 Å². The average molecular weight is 1320 g/mol. The van der Waals surface area contributed by atoms with Crippen LogP contribution >= 0.6 is 13.5 Å². The summed E-state index contributed by atoms with van der Waals surface area (Å²) in [4.78, 5) is 83.7. The summed E-state index contributed by atoms with van der Waals surface area (Å²) in [5, 5.41) is 15.5. The number of nitrogens with zero attached hydrogens (tertiary/aromatic N) is 4. The largest absolute Gasteiger partial charge is 1.00 e. The molecule has 0 fully saturated rings. The predicted molar refractivity (Wildman–Crippen MR) is 365 cm³/mol. The van der Waals surface area contributed by atoms with Gasteiger partial charge in [0.25, 0.3) is 11.1 Å². The summed E-state index contributed by atoms with van der Waals surface area (Å²) < 4.78 is 68.0. The number of carbonyl (C=O) groups excluding carboxylic acids is 3. The van der Waals surface area contributed by atoms with E-state index in [2.05, 4.69) is 15.5 Å². The summed E-state index contributed by atoms with van der Waals surface area (Å²) >= 11 is 0. The normalized spacial score (nSPS) is 12.3. The Labute approximate surface area is 571 Å². The molecular formula is C72H99F4LiN6O10S. The Kier molecular flexibility index (Phi) is 35.0. The molecule has 0 saturated carbocycles. The van der Waals surface area contributed by atoms with E-state index in [1.54, 1.807) is 85.1 Å². The fourth-order valence-corrected chi connectivity index (χ4v) is 11.5. The molecule has 0 bridgehead atoms. The van der Waals surface area contributed by atoms with E-state index in [1.807, 2.05) is 74.6 Å². The van der Waals surface area contributed by atoms with Crippen molar-refractivity contribution in [1.29, 1.82) is 0 Å². The monoisotopic (exact) mass is 1320 g/mol. The number of pyridine rings is 2. The standard InChI is InChI=1S/C37H49F2N3O4.C35H45F2N3O4.Li.2H2O.H2S/c1-10-46-34(44)20-31(30-19-28(15-26(7)36(30)39)35-24(5)16-29(38)17-25(35)6)40-37(45)32(12-11-22(2)3)42-21-27(13-14-41(8)9)23(4)18-33(42)43;1-20(2)9-10-30(40-19-25(11-12-39(7)8)21(3)16-31(40)41)35(44)38-29(18-32(42)43)28-17-26(13-24(6)34(28)37)33-22(4)14-27(36)15-23(33)5;;;;/h15-19,21-22,31-32H,10-14,20H2,1-9H3,(H,40,45);13-17,19-20,29-30H,9-12,18H2,1-8H3,(H,38,44)(H,42,43);;3*1H2/q;;+1;;;/p-1/t31-,32?;29-,30?;;;;/m00..../s1. The van der Waals surface area contributed by atoms with Gasteiger partial charge in [0.1, 0.15) is 35.4 Å². The number of aliphatic carboxylic acids is 1. The first-order chi connectivity index (χ1) is 42.2. The van der Waals surface area contributed by atoms with Crippen LogP contribution in [0.1, 0.15) is 164 Å². The zero-order valence-electron chi connectivity index (χ0n) is 58.2. The van der Waals surface area contributed by atoms with Gasteiger partial charge in [0, 0.05) is 48.7 Å². The second-order valence-corrected chi connectivity index (χ2v) is 25.5. The van der Waals surface area contributed by atoms with E-state index in [9.17, 15) is 42.7 Å². The van der Waals surface area contributed by atoms with Crippen LogP contribution in [0.25, 0.3) is 22.3 Å². The van der Waals surface area contributed by atoms with E-state index >= 15 is 8.78 Å². The second-order valence-electron chi connectivity index (χ2n) is 25.5. The molecule has 22 heteroatoms. The average Bonchev–Trinajstić information content (AvgIpc) is 0.798. The number of likely N-dealkylation sites (N-methyl/N-ethyl adjacent to an activating group) is 2. The van der Waals surface area contributed by atoms with Gasteiger partial charge >= 0.3 is 30.8 Å². The molecule has 6 rings (SSSR count). The molecule has 512 valence electrons. The molecule has 0 aliphatic heterocycles. The number of esters is 1. The number of aromatic nitrogens is 2. The van der Waals surface area contributed by atoms with Gasteiger partial charge in [-0.15, -0.1) is 0 Å². The van der Waals surface area contributed by atoms with Crippen LogP contribution in [-0.2, 0) is 36.8 Å². The topological polar surface area (TPSA) is 234 Å². The molecule has 0 radical (unpaired) electrons. The number of hydrogen-bond acceptors (Lipinski definition) is 10. The maximum atomic E-state index is 16.0. The molecule has 2 amide bonds. The fourth-order valence-electron chi connectivity index (χ4n) is 11.5. The van der Waals surface area contributed by atoms with E-state index in [4.69, 9.17) is 4.74 Å². The molecule has 0 saturated heterocycles. The molecule has 6 N–H and O–H groups in total. The Morgan fingerprint density at radius 2 is 0.872 bits per heavy atom. The SMILES string of the molecule is CCOC(=O)C[C@H](NC(=O)C(CCC(C)C)n1cc(CCN(C)C)c(C)cc1=O)c1cc(-c2c(C)cc(F)cc2C)cc(C)c1F.Cc1cc(=O)n(C(CCC(C)C)C(=O)N[C@@H](CC(=O)O)c2cc(-c3c(C)cc(F)cc3C)cc(C)c2F)cc1CCN(C)C.O.S.[Li+].[OH-]. The van der Waals surface area contributed by atoms with E-state index in [0.29, 0.717) is 83.0 Å². The molecule has 0 spiro atoms. The molecule has 2 aromatic heterocycles. The number of nitrogens with one attached hydrogen (secondary N) is 2. The molecule has 2 heterocycles. The van der Waals surface area contributed by atoms with Crippen molar-refractivity contribution in [2.45, 2.75) is 166 Å². The van der Waals surface area contributed by atoms with E-state index < -0.39 is 66.0 Å². The molecule has 94 heavy (non-hydrogen) atoms. The van der Waals surface area contributed by atoms with Crippen LogP contribution in [0, 0.1) is 90.5 Å². The van der Waals surface area contributed by atoms with Crippen LogP contribution in [0.3, 0.4) is 0 Å². The van der Waals surface area contributed by atoms with Crippen molar-refractivity contribution < 1.29 is 76.4 Å². The summed E-state index contributed by atoms with van der Waals surface area (Å²) in [6.07, 6.45) is 6.01. The third-order valence-corrected chi connectivity index (χ3v) is 16.3. The Balaban J connectivity index is 0.000000902. The Morgan fingerprint density at radius 3 is 1.18 bits per heavy atom. The van der Waals surface area contributed by atoms with Crippen LogP contribution in [0.15, 0.2) is 82.6 Å².